The van der Waals surface area contributed by atoms with Crippen molar-refractivity contribution in [2.45, 2.75) is 26.0 Å². The Morgan fingerprint density at radius 1 is 1.42 bits per heavy atom. The van der Waals surface area contributed by atoms with Gasteiger partial charge in [-0.2, -0.15) is 0 Å². The third-order valence-corrected chi connectivity index (χ3v) is 4.14. The summed E-state index contributed by atoms with van der Waals surface area (Å²) in [5.41, 5.74) is 0.832. The lowest BCUT2D eigenvalue weighted by molar-refractivity contribution is 0.0603. The van der Waals surface area contributed by atoms with Gasteiger partial charge in [-0.3, -0.25) is 4.79 Å². The van der Waals surface area contributed by atoms with Gasteiger partial charge in [0.15, 0.2) is 0 Å². The van der Waals surface area contributed by atoms with Crippen LogP contribution in [0.3, 0.4) is 0 Å². The van der Waals surface area contributed by atoms with Crippen molar-refractivity contribution in [2.75, 3.05) is 33.4 Å². The highest BCUT2D eigenvalue weighted by atomic mass is 35.5. The van der Waals surface area contributed by atoms with E-state index < -0.39 is 0 Å². The minimum atomic E-state index is -0.369. The fourth-order valence-corrected chi connectivity index (χ4v) is 2.59. The molecule has 2 atom stereocenters. The second-order valence-corrected chi connectivity index (χ2v) is 5.90. The molecule has 0 bridgehead atoms. The zero-order valence-electron chi connectivity index (χ0n) is 14.1. The molecule has 2 unspecified atom stereocenters. The second kappa shape index (κ2) is 10.6. The van der Waals surface area contributed by atoms with Crippen LogP contribution in [0.5, 0.6) is 0 Å². The molecule has 0 aliphatic carbocycles. The third kappa shape index (κ3) is 6.02. The molecule has 136 valence electrons. The SMILES string of the molecule is COCCOCc1cc(C(=O)NC2CNCCC2C)ccc1F.Cl. The number of halogens is 2. The Bertz CT molecular complexity index is 531. The first-order valence-corrected chi connectivity index (χ1v) is 7.98. The zero-order chi connectivity index (χ0) is 16.7. The second-order valence-electron chi connectivity index (χ2n) is 5.90. The van der Waals surface area contributed by atoms with Gasteiger partial charge in [-0.25, -0.2) is 4.39 Å². The molecule has 1 fully saturated rings. The van der Waals surface area contributed by atoms with Crippen molar-refractivity contribution in [3.05, 3.63) is 35.1 Å². The standard InChI is InChI=1S/C17H25FN2O3.ClH/c1-12-5-6-19-10-16(12)20-17(21)13-3-4-15(18)14(9-13)11-23-8-7-22-2;/h3-4,9,12,16,19H,5-8,10-11H2,1-2H3,(H,20,21);1H. The molecule has 5 nitrogen and oxygen atoms in total. The fourth-order valence-electron chi connectivity index (χ4n) is 2.59. The van der Waals surface area contributed by atoms with Gasteiger partial charge in [0.2, 0.25) is 0 Å². The van der Waals surface area contributed by atoms with Crippen LogP contribution >= 0.6 is 12.4 Å². The lowest BCUT2D eigenvalue weighted by Crippen LogP contribution is -2.50. The quantitative estimate of drug-likeness (QED) is 0.731. The molecule has 0 saturated carbocycles. The Hall–Kier alpha value is -1.21. The van der Waals surface area contributed by atoms with Gasteiger partial charge < -0.3 is 20.1 Å². The highest BCUT2D eigenvalue weighted by Gasteiger charge is 2.23. The number of hydrogen-bond donors (Lipinski definition) is 2. The maximum atomic E-state index is 13.8. The number of benzene rings is 1. The van der Waals surface area contributed by atoms with Gasteiger partial charge in [-0.1, -0.05) is 6.92 Å². The van der Waals surface area contributed by atoms with Crippen molar-refractivity contribution >= 4 is 18.3 Å². The number of hydrogen-bond acceptors (Lipinski definition) is 4. The summed E-state index contributed by atoms with van der Waals surface area (Å²) in [5, 5.41) is 6.30. The van der Waals surface area contributed by atoms with Gasteiger partial charge in [0, 0.05) is 30.8 Å². The smallest absolute Gasteiger partial charge is 0.251 e. The summed E-state index contributed by atoms with van der Waals surface area (Å²) in [5.74, 6) is -0.118. The highest BCUT2D eigenvalue weighted by Crippen LogP contribution is 2.15. The Kier molecular flexibility index (Phi) is 9.21. The first-order chi connectivity index (χ1) is 11.1. The summed E-state index contributed by atoms with van der Waals surface area (Å²) in [6.45, 7) is 4.84. The van der Waals surface area contributed by atoms with Gasteiger partial charge in [0.1, 0.15) is 5.82 Å². The van der Waals surface area contributed by atoms with Crippen molar-refractivity contribution in [2.24, 2.45) is 5.92 Å². The van der Waals surface area contributed by atoms with E-state index in [1.807, 2.05) is 0 Å². The summed E-state index contributed by atoms with van der Waals surface area (Å²) >= 11 is 0. The van der Waals surface area contributed by atoms with E-state index >= 15 is 0 Å². The van der Waals surface area contributed by atoms with Crippen molar-refractivity contribution in [1.29, 1.82) is 0 Å². The van der Waals surface area contributed by atoms with Crippen LogP contribution in [0.25, 0.3) is 0 Å². The van der Waals surface area contributed by atoms with E-state index in [0.717, 1.165) is 19.5 Å². The van der Waals surface area contributed by atoms with Crippen LogP contribution in [0.2, 0.25) is 0 Å². The van der Waals surface area contributed by atoms with Crippen molar-refractivity contribution < 1.29 is 18.7 Å². The topological polar surface area (TPSA) is 59.6 Å². The lowest BCUT2D eigenvalue weighted by Gasteiger charge is -2.30. The van der Waals surface area contributed by atoms with Gasteiger partial charge >= 0.3 is 0 Å². The monoisotopic (exact) mass is 360 g/mol. The highest BCUT2D eigenvalue weighted by molar-refractivity contribution is 5.94. The number of methoxy groups -OCH3 is 1. The molecule has 2 N–H and O–H groups in total. The van der Waals surface area contributed by atoms with E-state index in [-0.39, 0.29) is 36.8 Å². The molecular formula is C17H26ClFN2O3. The van der Waals surface area contributed by atoms with Crippen LogP contribution in [-0.2, 0) is 16.1 Å². The van der Waals surface area contributed by atoms with Crippen LogP contribution in [0, 0.1) is 11.7 Å². The first kappa shape index (κ1) is 20.8. The number of carbonyl (C=O) groups is 1. The molecule has 7 heteroatoms. The lowest BCUT2D eigenvalue weighted by atomic mass is 9.94. The molecule has 1 aromatic carbocycles. The summed E-state index contributed by atoms with van der Waals surface area (Å²) in [7, 11) is 1.58. The Balaban J connectivity index is 0.00000288. The number of ether oxygens (including phenoxy) is 2. The first-order valence-electron chi connectivity index (χ1n) is 7.98. The van der Waals surface area contributed by atoms with E-state index in [9.17, 15) is 9.18 Å². The van der Waals surface area contributed by atoms with Crippen molar-refractivity contribution in [1.82, 2.24) is 10.6 Å². The molecule has 1 saturated heterocycles. The van der Waals surface area contributed by atoms with Crippen LogP contribution < -0.4 is 10.6 Å². The summed E-state index contributed by atoms with van der Waals surface area (Å²) in [6, 6.07) is 4.47. The van der Waals surface area contributed by atoms with Crippen LogP contribution in [0.15, 0.2) is 18.2 Å². The Morgan fingerprint density at radius 2 is 2.21 bits per heavy atom. The predicted octanol–water partition coefficient (Wildman–Crippen LogP) is 2.14. The van der Waals surface area contributed by atoms with Gasteiger partial charge in [0.25, 0.3) is 5.91 Å². The number of amides is 1. The fraction of sp³-hybridized carbons (Fsp3) is 0.588. The predicted molar refractivity (Wildman–Crippen MR) is 93.1 cm³/mol. The molecule has 1 heterocycles. The average Bonchev–Trinajstić information content (AvgIpc) is 2.55. The van der Waals surface area contributed by atoms with E-state index in [1.54, 1.807) is 13.2 Å². The average molecular weight is 361 g/mol. The third-order valence-electron chi connectivity index (χ3n) is 4.14. The van der Waals surface area contributed by atoms with Crippen molar-refractivity contribution in [3.8, 4) is 0 Å². The van der Waals surface area contributed by atoms with E-state index in [4.69, 9.17) is 9.47 Å². The summed E-state index contributed by atoms with van der Waals surface area (Å²) in [4.78, 5) is 12.4. The van der Waals surface area contributed by atoms with Crippen molar-refractivity contribution in [3.63, 3.8) is 0 Å². The summed E-state index contributed by atoms with van der Waals surface area (Å²) < 4.78 is 24.0. The van der Waals surface area contributed by atoms with Crippen LogP contribution in [0.4, 0.5) is 4.39 Å². The maximum Gasteiger partial charge on any atom is 0.251 e. The van der Waals surface area contributed by atoms with Gasteiger partial charge in [-0.05, 0) is 37.1 Å². The molecular weight excluding hydrogens is 335 g/mol. The molecule has 1 aromatic rings. The van der Waals surface area contributed by atoms with E-state index in [2.05, 4.69) is 17.6 Å². The Morgan fingerprint density at radius 3 is 2.92 bits per heavy atom. The van der Waals surface area contributed by atoms with E-state index in [0.29, 0.717) is 30.3 Å². The summed E-state index contributed by atoms with van der Waals surface area (Å²) in [6.07, 6.45) is 1.03. The normalized spacial score (nSPS) is 20.3. The number of rotatable bonds is 7. The molecule has 0 radical (unpaired) electrons. The molecule has 2 rings (SSSR count). The minimum Gasteiger partial charge on any atom is -0.382 e. The molecule has 0 aromatic heterocycles. The molecule has 24 heavy (non-hydrogen) atoms. The molecule has 1 amide bonds. The minimum absolute atomic E-state index is 0. The number of carbonyl (C=O) groups excluding carboxylic acids is 1. The Labute approximate surface area is 148 Å². The van der Waals surface area contributed by atoms with E-state index in [1.165, 1.54) is 12.1 Å². The zero-order valence-corrected chi connectivity index (χ0v) is 15.0. The van der Waals surface area contributed by atoms with Gasteiger partial charge in [-0.15, -0.1) is 12.4 Å². The largest absolute Gasteiger partial charge is 0.382 e. The van der Waals surface area contributed by atoms with Gasteiger partial charge in [0.05, 0.1) is 19.8 Å². The number of nitrogens with one attached hydrogen (secondary N) is 2. The van der Waals surface area contributed by atoms with Crippen LogP contribution in [-0.4, -0.2) is 45.4 Å². The maximum absolute atomic E-state index is 13.8. The van der Waals surface area contributed by atoms with Crippen LogP contribution in [0.1, 0.15) is 29.3 Å². The molecule has 1 aliphatic heterocycles. The molecule has 1 aliphatic rings. The number of piperidine rings is 1. The molecule has 0 spiro atoms.